The second-order valence-corrected chi connectivity index (χ2v) is 9.85. The third-order valence-corrected chi connectivity index (χ3v) is 6.61. The standard InChI is InChI=1S/C28H26Cl2N4O8/c1-40-20-5-3-2-4-16(20)13-31-26(36)23-24(42-14-41-23)27(37)33-19(28(38)39)10-15-6-8-18(9-7-15)32-25(35)17-11-21(29)34-22(30)12-17/h2-9,11-12,19,23-24H,10,13-14H2,1H3,(H,31,36)(H,32,35)(H,33,37)(H,38,39)/t19-,23+,24+/m0/s1. The highest BCUT2D eigenvalue weighted by atomic mass is 35.5. The van der Waals surface area contributed by atoms with Crippen LogP contribution in [0.2, 0.25) is 10.3 Å². The number of hydrogen-bond acceptors (Lipinski definition) is 8. The highest BCUT2D eigenvalue weighted by Gasteiger charge is 2.41. The Hall–Kier alpha value is -4.23. The number of nitrogens with one attached hydrogen (secondary N) is 3. The summed E-state index contributed by atoms with van der Waals surface area (Å²) in [5.74, 6) is -2.58. The van der Waals surface area contributed by atoms with Gasteiger partial charge in [0, 0.05) is 29.8 Å². The number of benzene rings is 2. The van der Waals surface area contributed by atoms with Gasteiger partial charge in [-0.1, -0.05) is 53.5 Å². The van der Waals surface area contributed by atoms with Crippen LogP contribution < -0.4 is 20.7 Å². The highest BCUT2D eigenvalue weighted by molar-refractivity contribution is 6.33. The number of rotatable bonds is 11. The number of carbonyl (C=O) groups excluding carboxylic acids is 3. The molecule has 42 heavy (non-hydrogen) atoms. The van der Waals surface area contributed by atoms with Crippen LogP contribution in [0.4, 0.5) is 5.69 Å². The molecule has 2 heterocycles. The number of pyridine rings is 1. The van der Waals surface area contributed by atoms with Gasteiger partial charge < -0.3 is 35.3 Å². The molecule has 1 saturated heterocycles. The van der Waals surface area contributed by atoms with Crippen molar-refractivity contribution in [1.82, 2.24) is 15.6 Å². The smallest absolute Gasteiger partial charge is 0.326 e. The van der Waals surface area contributed by atoms with Crippen LogP contribution >= 0.6 is 23.2 Å². The maximum Gasteiger partial charge on any atom is 0.326 e. The number of carbonyl (C=O) groups is 4. The normalized spacial score (nSPS) is 16.7. The molecule has 4 rings (SSSR count). The van der Waals surface area contributed by atoms with Crippen LogP contribution in [0, 0.1) is 0 Å². The van der Waals surface area contributed by atoms with Crippen LogP contribution in [0.5, 0.6) is 5.75 Å². The number of para-hydroxylation sites is 1. The quantitative estimate of drug-likeness (QED) is 0.237. The Labute approximate surface area is 250 Å². The lowest BCUT2D eigenvalue weighted by Gasteiger charge is -2.20. The third kappa shape index (κ3) is 7.95. The van der Waals surface area contributed by atoms with Crippen molar-refractivity contribution in [3.63, 3.8) is 0 Å². The zero-order chi connectivity index (χ0) is 30.2. The summed E-state index contributed by atoms with van der Waals surface area (Å²) >= 11 is 11.7. The summed E-state index contributed by atoms with van der Waals surface area (Å²) in [5, 5.41) is 17.7. The molecule has 1 aliphatic heterocycles. The Morgan fingerprint density at radius 1 is 1.00 bits per heavy atom. The van der Waals surface area contributed by atoms with Crippen molar-refractivity contribution in [3.8, 4) is 5.75 Å². The summed E-state index contributed by atoms with van der Waals surface area (Å²) in [4.78, 5) is 54.0. The average Bonchev–Trinajstić information content (AvgIpc) is 3.46. The van der Waals surface area contributed by atoms with E-state index in [2.05, 4.69) is 20.9 Å². The van der Waals surface area contributed by atoms with E-state index < -0.39 is 41.9 Å². The number of amides is 3. The zero-order valence-corrected chi connectivity index (χ0v) is 23.6. The van der Waals surface area contributed by atoms with E-state index in [1.54, 1.807) is 48.5 Å². The zero-order valence-electron chi connectivity index (χ0n) is 22.1. The molecule has 220 valence electrons. The number of aliphatic carboxylic acids is 1. The van der Waals surface area contributed by atoms with Gasteiger partial charge in [-0.2, -0.15) is 0 Å². The number of hydrogen-bond donors (Lipinski definition) is 4. The van der Waals surface area contributed by atoms with Gasteiger partial charge in [-0.15, -0.1) is 0 Å². The lowest BCUT2D eigenvalue weighted by Crippen LogP contribution is -2.52. The number of methoxy groups -OCH3 is 1. The molecule has 0 radical (unpaired) electrons. The van der Waals surface area contributed by atoms with Crippen LogP contribution in [0.1, 0.15) is 21.5 Å². The molecule has 3 aromatic rings. The van der Waals surface area contributed by atoms with Crippen LogP contribution in [-0.2, 0) is 36.8 Å². The molecule has 1 aliphatic rings. The first-order valence-electron chi connectivity index (χ1n) is 12.5. The number of ether oxygens (including phenoxy) is 3. The first-order chi connectivity index (χ1) is 20.1. The van der Waals surface area contributed by atoms with Gasteiger partial charge in [-0.25, -0.2) is 9.78 Å². The number of carboxylic acid groups (broad SMARTS) is 1. The van der Waals surface area contributed by atoms with E-state index in [-0.39, 0.29) is 35.6 Å². The number of aromatic nitrogens is 1. The first kappa shape index (κ1) is 30.7. The predicted octanol–water partition coefficient (Wildman–Crippen LogP) is 2.82. The van der Waals surface area contributed by atoms with Gasteiger partial charge in [0.15, 0.2) is 12.2 Å². The van der Waals surface area contributed by atoms with Crippen molar-refractivity contribution >= 4 is 52.6 Å². The molecule has 4 N–H and O–H groups in total. The molecule has 12 nitrogen and oxygen atoms in total. The third-order valence-electron chi connectivity index (χ3n) is 6.22. The molecule has 1 aromatic heterocycles. The first-order valence-corrected chi connectivity index (χ1v) is 13.3. The lowest BCUT2D eigenvalue weighted by molar-refractivity contribution is -0.144. The Morgan fingerprint density at radius 2 is 1.64 bits per heavy atom. The lowest BCUT2D eigenvalue weighted by atomic mass is 10.0. The highest BCUT2D eigenvalue weighted by Crippen LogP contribution is 2.20. The van der Waals surface area contributed by atoms with E-state index in [9.17, 15) is 24.3 Å². The van der Waals surface area contributed by atoms with Gasteiger partial charge in [-0.05, 0) is 35.9 Å². The SMILES string of the molecule is COc1ccccc1CNC(=O)[C@@H]1OCO[C@H]1C(=O)N[C@@H](Cc1ccc(NC(=O)c2cc(Cl)nc(Cl)c2)cc1)C(=O)O. The minimum Gasteiger partial charge on any atom is -0.496 e. The summed E-state index contributed by atoms with van der Waals surface area (Å²) in [6, 6.07) is 14.9. The van der Waals surface area contributed by atoms with E-state index in [4.69, 9.17) is 37.4 Å². The Kier molecular flexibility index (Phi) is 10.3. The van der Waals surface area contributed by atoms with Gasteiger partial charge in [0.2, 0.25) is 0 Å². The topological polar surface area (TPSA) is 165 Å². The van der Waals surface area contributed by atoms with E-state index >= 15 is 0 Å². The second kappa shape index (κ2) is 14.1. The van der Waals surface area contributed by atoms with Crippen molar-refractivity contribution in [1.29, 1.82) is 0 Å². The van der Waals surface area contributed by atoms with Crippen molar-refractivity contribution in [2.24, 2.45) is 0 Å². The predicted molar refractivity (Wildman–Crippen MR) is 151 cm³/mol. The molecular formula is C28H26Cl2N4O8. The van der Waals surface area contributed by atoms with E-state index in [1.807, 2.05) is 0 Å². The summed E-state index contributed by atoms with van der Waals surface area (Å²) in [6.07, 6.45) is -2.71. The second-order valence-electron chi connectivity index (χ2n) is 9.08. The molecule has 1 fully saturated rings. The van der Waals surface area contributed by atoms with Crippen molar-refractivity contribution in [2.45, 2.75) is 31.2 Å². The molecule has 2 aromatic carbocycles. The van der Waals surface area contributed by atoms with Gasteiger partial charge in [-0.3, -0.25) is 14.4 Å². The van der Waals surface area contributed by atoms with Crippen LogP contribution in [0.25, 0.3) is 0 Å². The molecule has 0 spiro atoms. The van der Waals surface area contributed by atoms with Crippen LogP contribution in [0.15, 0.2) is 60.7 Å². The molecule has 14 heteroatoms. The molecule has 3 atom stereocenters. The van der Waals surface area contributed by atoms with Gasteiger partial charge >= 0.3 is 5.97 Å². The summed E-state index contributed by atoms with van der Waals surface area (Å²) in [5.41, 5.74) is 1.92. The molecular weight excluding hydrogens is 591 g/mol. The van der Waals surface area contributed by atoms with Gasteiger partial charge in [0.05, 0.1) is 7.11 Å². The summed E-state index contributed by atoms with van der Waals surface area (Å²) < 4.78 is 15.9. The van der Waals surface area contributed by atoms with Crippen molar-refractivity contribution < 1.29 is 38.5 Å². The molecule has 3 amide bonds. The van der Waals surface area contributed by atoms with Gasteiger partial charge in [0.25, 0.3) is 17.7 Å². The fourth-order valence-corrected chi connectivity index (χ4v) is 4.59. The van der Waals surface area contributed by atoms with Crippen molar-refractivity contribution in [2.75, 3.05) is 19.2 Å². The maximum absolute atomic E-state index is 12.9. The van der Waals surface area contributed by atoms with E-state index in [0.717, 1.165) is 5.56 Å². The molecule has 0 unspecified atom stereocenters. The van der Waals surface area contributed by atoms with Gasteiger partial charge in [0.1, 0.15) is 28.9 Å². The fraction of sp³-hybridized carbons (Fsp3) is 0.250. The Balaban J connectivity index is 1.34. The fourth-order valence-electron chi connectivity index (χ4n) is 4.13. The average molecular weight is 617 g/mol. The number of halogens is 2. The Bertz CT molecular complexity index is 1450. The Morgan fingerprint density at radius 3 is 2.29 bits per heavy atom. The van der Waals surface area contributed by atoms with Crippen LogP contribution in [0.3, 0.4) is 0 Å². The maximum atomic E-state index is 12.9. The van der Waals surface area contributed by atoms with E-state index in [1.165, 1.54) is 19.2 Å². The molecule has 0 saturated carbocycles. The van der Waals surface area contributed by atoms with Crippen molar-refractivity contribution in [3.05, 3.63) is 87.7 Å². The minimum absolute atomic E-state index is 0.0686. The van der Waals surface area contributed by atoms with E-state index in [0.29, 0.717) is 17.0 Å². The summed E-state index contributed by atoms with van der Waals surface area (Å²) in [7, 11) is 1.51. The minimum atomic E-state index is -1.35. The largest absolute Gasteiger partial charge is 0.496 e. The summed E-state index contributed by atoms with van der Waals surface area (Å²) in [6.45, 7) is -0.192. The number of nitrogens with zero attached hydrogens (tertiary/aromatic N) is 1. The monoisotopic (exact) mass is 616 g/mol. The number of anilines is 1. The number of carboxylic acids is 1. The molecule has 0 aliphatic carbocycles. The molecule has 0 bridgehead atoms. The van der Waals surface area contributed by atoms with Crippen LogP contribution in [-0.4, -0.2) is 65.9 Å².